The molecule has 0 aliphatic rings. The van der Waals surface area contributed by atoms with Crippen LogP contribution in [0.3, 0.4) is 0 Å². The standard InChI is InChI=1S/C12H18N4S/c1-12(2,3)17-10-6-4-9(5-7-10)8-15-16-11(13)14/h4-8H,1-3H3,(H4,13,14,16). The van der Waals surface area contributed by atoms with Crippen LogP contribution in [0.1, 0.15) is 26.3 Å². The second kappa shape index (κ2) is 5.72. The molecular formula is C12H18N4S. The highest BCUT2D eigenvalue weighted by molar-refractivity contribution is 8.00. The van der Waals surface area contributed by atoms with Crippen molar-refractivity contribution in [1.82, 2.24) is 0 Å². The molecule has 0 spiro atoms. The number of nitrogens with zero attached hydrogens (tertiary/aromatic N) is 2. The maximum atomic E-state index is 5.16. The number of hydrogen-bond donors (Lipinski definition) is 2. The van der Waals surface area contributed by atoms with Gasteiger partial charge in [-0.2, -0.15) is 5.10 Å². The summed E-state index contributed by atoms with van der Waals surface area (Å²) in [5, 5.41) is 7.29. The van der Waals surface area contributed by atoms with E-state index in [1.165, 1.54) is 4.90 Å². The summed E-state index contributed by atoms with van der Waals surface area (Å²) in [5.41, 5.74) is 11.3. The lowest BCUT2D eigenvalue weighted by Gasteiger charge is -2.17. The molecule has 0 unspecified atom stereocenters. The molecule has 92 valence electrons. The highest BCUT2D eigenvalue weighted by Gasteiger charge is 2.11. The molecule has 0 saturated heterocycles. The van der Waals surface area contributed by atoms with Crippen LogP contribution in [0.4, 0.5) is 0 Å². The Morgan fingerprint density at radius 3 is 2.24 bits per heavy atom. The number of nitrogens with two attached hydrogens (primary N) is 2. The third-order valence-corrected chi connectivity index (χ3v) is 2.80. The zero-order valence-electron chi connectivity index (χ0n) is 10.3. The fourth-order valence-corrected chi connectivity index (χ4v) is 2.12. The Kier molecular flexibility index (Phi) is 4.57. The molecule has 1 aromatic rings. The predicted octanol–water partition coefficient (Wildman–Crippen LogP) is 2.18. The van der Waals surface area contributed by atoms with E-state index in [2.05, 4.69) is 43.1 Å². The predicted molar refractivity (Wildman–Crippen MR) is 75.5 cm³/mol. The van der Waals surface area contributed by atoms with E-state index in [1.807, 2.05) is 23.9 Å². The van der Waals surface area contributed by atoms with Crippen molar-refractivity contribution in [2.24, 2.45) is 21.7 Å². The minimum absolute atomic E-state index is 0.0406. The number of hydrogen-bond acceptors (Lipinski definition) is 3. The van der Waals surface area contributed by atoms with Gasteiger partial charge in [-0.15, -0.1) is 16.9 Å². The molecule has 4 N–H and O–H groups in total. The number of guanidine groups is 1. The molecule has 0 atom stereocenters. The molecule has 0 aromatic heterocycles. The molecule has 0 saturated carbocycles. The quantitative estimate of drug-likeness (QED) is 0.373. The third-order valence-electron chi connectivity index (χ3n) is 1.68. The minimum Gasteiger partial charge on any atom is -0.369 e. The monoisotopic (exact) mass is 250 g/mol. The average molecular weight is 250 g/mol. The van der Waals surface area contributed by atoms with E-state index in [4.69, 9.17) is 11.5 Å². The Labute approximate surface area is 106 Å². The van der Waals surface area contributed by atoms with Gasteiger partial charge in [-0.05, 0) is 17.7 Å². The van der Waals surface area contributed by atoms with Crippen LogP contribution in [0.5, 0.6) is 0 Å². The summed E-state index contributed by atoms with van der Waals surface area (Å²) in [6, 6.07) is 8.10. The Balaban J connectivity index is 2.69. The van der Waals surface area contributed by atoms with Gasteiger partial charge in [0.25, 0.3) is 0 Å². The summed E-state index contributed by atoms with van der Waals surface area (Å²) >= 11 is 1.83. The van der Waals surface area contributed by atoms with Crippen LogP contribution in [0.2, 0.25) is 0 Å². The summed E-state index contributed by atoms with van der Waals surface area (Å²) in [6.07, 6.45) is 1.62. The SMILES string of the molecule is CC(C)(C)Sc1ccc(C=NN=C(N)N)cc1. The largest absolute Gasteiger partial charge is 0.369 e. The van der Waals surface area contributed by atoms with Crippen molar-refractivity contribution in [1.29, 1.82) is 0 Å². The number of benzene rings is 1. The minimum atomic E-state index is -0.0406. The molecule has 0 aliphatic heterocycles. The van der Waals surface area contributed by atoms with Crippen molar-refractivity contribution >= 4 is 23.9 Å². The highest BCUT2D eigenvalue weighted by atomic mass is 32.2. The molecule has 0 heterocycles. The van der Waals surface area contributed by atoms with Crippen molar-refractivity contribution in [2.75, 3.05) is 0 Å². The van der Waals surface area contributed by atoms with Gasteiger partial charge in [0.2, 0.25) is 5.96 Å². The summed E-state index contributed by atoms with van der Waals surface area (Å²) in [7, 11) is 0. The summed E-state index contributed by atoms with van der Waals surface area (Å²) in [6.45, 7) is 6.56. The van der Waals surface area contributed by atoms with Crippen molar-refractivity contribution < 1.29 is 0 Å². The first-order chi connectivity index (χ1) is 7.87. The fraction of sp³-hybridized carbons (Fsp3) is 0.333. The lowest BCUT2D eigenvalue weighted by Crippen LogP contribution is -2.21. The lowest BCUT2D eigenvalue weighted by atomic mass is 10.2. The molecule has 4 nitrogen and oxygen atoms in total. The maximum Gasteiger partial charge on any atom is 0.211 e. The fourth-order valence-electron chi connectivity index (χ4n) is 1.14. The van der Waals surface area contributed by atoms with Gasteiger partial charge in [0.15, 0.2) is 0 Å². The van der Waals surface area contributed by atoms with Gasteiger partial charge >= 0.3 is 0 Å². The molecule has 1 aromatic carbocycles. The van der Waals surface area contributed by atoms with E-state index in [-0.39, 0.29) is 10.7 Å². The van der Waals surface area contributed by atoms with Gasteiger partial charge in [-0.25, -0.2) is 0 Å². The van der Waals surface area contributed by atoms with Crippen LogP contribution < -0.4 is 11.5 Å². The zero-order chi connectivity index (χ0) is 12.9. The second-order valence-corrected chi connectivity index (χ2v) is 6.45. The molecular weight excluding hydrogens is 232 g/mol. The van der Waals surface area contributed by atoms with Gasteiger partial charge in [-0.3, -0.25) is 0 Å². The van der Waals surface area contributed by atoms with Crippen LogP contribution in [-0.2, 0) is 0 Å². The molecule has 1 rings (SSSR count). The van der Waals surface area contributed by atoms with E-state index >= 15 is 0 Å². The Bertz CT molecular complexity index is 411. The zero-order valence-corrected chi connectivity index (χ0v) is 11.2. The topological polar surface area (TPSA) is 76.8 Å². The van der Waals surface area contributed by atoms with E-state index in [0.29, 0.717) is 0 Å². The van der Waals surface area contributed by atoms with Gasteiger partial charge in [0, 0.05) is 9.64 Å². The molecule has 0 bridgehead atoms. The van der Waals surface area contributed by atoms with E-state index < -0.39 is 0 Å². The number of rotatable bonds is 3. The van der Waals surface area contributed by atoms with Crippen molar-refractivity contribution in [3.8, 4) is 0 Å². The summed E-state index contributed by atoms with van der Waals surface area (Å²) < 4.78 is 0.216. The first kappa shape index (κ1) is 13.6. The van der Waals surface area contributed by atoms with Crippen LogP contribution >= 0.6 is 11.8 Å². The molecule has 0 fully saturated rings. The Morgan fingerprint density at radius 2 is 1.76 bits per heavy atom. The van der Waals surface area contributed by atoms with Crippen LogP contribution in [-0.4, -0.2) is 16.9 Å². The molecule has 5 heteroatoms. The van der Waals surface area contributed by atoms with E-state index in [1.54, 1.807) is 6.21 Å². The van der Waals surface area contributed by atoms with Crippen LogP contribution in [0.15, 0.2) is 39.4 Å². The third kappa shape index (κ3) is 5.97. The highest BCUT2D eigenvalue weighted by Crippen LogP contribution is 2.31. The first-order valence-electron chi connectivity index (χ1n) is 5.28. The Hall–Kier alpha value is -1.49. The van der Waals surface area contributed by atoms with Crippen molar-refractivity contribution in [3.05, 3.63) is 29.8 Å². The van der Waals surface area contributed by atoms with Crippen molar-refractivity contribution in [2.45, 2.75) is 30.4 Å². The van der Waals surface area contributed by atoms with Crippen LogP contribution in [0, 0.1) is 0 Å². The van der Waals surface area contributed by atoms with Crippen LogP contribution in [0.25, 0.3) is 0 Å². The Morgan fingerprint density at radius 1 is 1.18 bits per heavy atom. The second-order valence-electron chi connectivity index (χ2n) is 4.55. The van der Waals surface area contributed by atoms with Gasteiger partial charge in [0.05, 0.1) is 6.21 Å². The molecule has 17 heavy (non-hydrogen) atoms. The van der Waals surface area contributed by atoms with Crippen molar-refractivity contribution in [3.63, 3.8) is 0 Å². The normalized spacial score (nSPS) is 11.7. The first-order valence-corrected chi connectivity index (χ1v) is 6.09. The maximum absolute atomic E-state index is 5.16. The lowest BCUT2D eigenvalue weighted by molar-refractivity contribution is 0.803. The van der Waals surface area contributed by atoms with Gasteiger partial charge in [-0.1, -0.05) is 32.9 Å². The van der Waals surface area contributed by atoms with Gasteiger partial charge in [0.1, 0.15) is 0 Å². The molecule has 0 radical (unpaired) electrons. The smallest absolute Gasteiger partial charge is 0.211 e. The number of thioether (sulfide) groups is 1. The van der Waals surface area contributed by atoms with E-state index in [9.17, 15) is 0 Å². The average Bonchev–Trinajstić information content (AvgIpc) is 2.18. The molecule has 0 aliphatic carbocycles. The van der Waals surface area contributed by atoms with E-state index in [0.717, 1.165) is 5.56 Å². The summed E-state index contributed by atoms with van der Waals surface area (Å²) in [4.78, 5) is 1.23. The van der Waals surface area contributed by atoms with Gasteiger partial charge < -0.3 is 11.5 Å². The molecule has 0 amide bonds. The summed E-state index contributed by atoms with van der Waals surface area (Å²) in [5.74, 6) is -0.0406.